The molecule has 0 aliphatic carbocycles. The van der Waals surface area contributed by atoms with Crippen molar-refractivity contribution in [2.75, 3.05) is 7.05 Å². The molecule has 2 aromatic carbocycles. The first kappa shape index (κ1) is 10.7. The molecule has 0 saturated carbocycles. The lowest BCUT2D eigenvalue weighted by Gasteiger charge is -2.15. The van der Waals surface area contributed by atoms with E-state index in [0.29, 0.717) is 6.42 Å². The lowest BCUT2D eigenvalue weighted by atomic mass is 9.97. The van der Waals surface area contributed by atoms with E-state index in [1.54, 1.807) is 0 Å². The summed E-state index contributed by atoms with van der Waals surface area (Å²) >= 11 is 0. The molecule has 80 valence electrons. The van der Waals surface area contributed by atoms with E-state index in [0.717, 1.165) is 0 Å². The maximum absolute atomic E-state index is 8.81. The topological polar surface area (TPSA) is 35.8 Å². The highest BCUT2D eigenvalue weighted by Gasteiger charge is 2.11. The van der Waals surface area contributed by atoms with Crippen LogP contribution in [0.25, 0.3) is 10.8 Å². The average Bonchev–Trinajstić information content (AvgIpc) is 2.35. The molecule has 2 rings (SSSR count). The highest BCUT2D eigenvalue weighted by Crippen LogP contribution is 2.25. The molecular formula is C14H14N2. The zero-order valence-corrected chi connectivity index (χ0v) is 9.27. The van der Waals surface area contributed by atoms with Gasteiger partial charge in [0.1, 0.15) is 0 Å². The summed E-state index contributed by atoms with van der Waals surface area (Å²) in [5.74, 6) is 0. The number of nitriles is 1. The molecule has 0 heterocycles. The third kappa shape index (κ3) is 1.91. The third-order valence-corrected chi connectivity index (χ3v) is 2.84. The van der Waals surface area contributed by atoms with Crippen molar-refractivity contribution in [1.82, 2.24) is 5.32 Å². The number of rotatable bonds is 3. The average molecular weight is 210 g/mol. The van der Waals surface area contributed by atoms with Crippen LogP contribution in [0.15, 0.2) is 42.5 Å². The minimum absolute atomic E-state index is 0.107. The Morgan fingerprint density at radius 2 is 1.94 bits per heavy atom. The molecule has 1 atom stereocenters. The Labute approximate surface area is 95.5 Å². The van der Waals surface area contributed by atoms with Crippen molar-refractivity contribution in [1.29, 1.82) is 5.26 Å². The van der Waals surface area contributed by atoms with E-state index in [1.807, 2.05) is 25.2 Å². The van der Waals surface area contributed by atoms with E-state index in [4.69, 9.17) is 5.26 Å². The molecule has 2 aromatic rings. The summed E-state index contributed by atoms with van der Waals surface area (Å²) in [6.07, 6.45) is 0.491. The lowest BCUT2D eigenvalue weighted by molar-refractivity contribution is 0.613. The van der Waals surface area contributed by atoms with E-state index >= 15 is 0 Å². The van der Waals surface area contributed by atoms with E-state index in [9.17, 15) is 0 Å². The van der Waals surface area contributed by atoms with Gasteiger partial charge >= 0.3 is 0 Å². The van der Waals surface area contributed by atoms with Crippen molar-refractivity contribution in [2.24, 2.45) is 0 Å². The Morgan fingerprint density at radius 1 is 1.19 bits per heavy atom. The summed E-state index contributed by atoms with van der Waals surface area (Å²) in [6.45, 7) is 0. The Balaban J connectivity index is 2.55. The summed E-state index contributed by atoms with van der Waals surface area (Å²) in [5, 5.41) is 14.4. The molecule has 0 saturated heterocycles. The van der Waals surface area contributed by atoms with Crippen molar-refractivity contribution < 1.29 is 0 Å². The predicted octanol–water partition coefficient (Wildman–Crippen LogP) is 3.01. The molecule has 2 heteroatoms. The minimum Gasteiger partial charge on any atom is -0.312 e. The maximum atomic E-state index is 8.81. The molecule has 2 nitrogen and oxygen atoms in total. The molecular weight excluding hydrogens is 196 g/mol. The summed E-state index contributed by atoms with van der Waals surface area (Å²) in [7, 11) is 1.89. The maximum Gasteiger partial charge on any atom is 0.0641 e. The molecule has 1 N–H and O–H groups in total. The van der Waals surface area contributed by atoms with Crippen LogP contribution in [0.3, 0.4) is 0 Å². The molecule has 0 amide bonds. The van der Waals surface area contributed by atoms with Gasteiger partial charge in [-0.3, -0.25) is 0 Å². The summed E-state index contributed by atoms with van der Waals surface area (Å²) in [6, 6.07) is 16.8. The second kappa shape index (κ2) is 4.78. The zero-order valence-electron chi connectivity index (χ0n) is 9.27. The van der Waals surface area contributed by atoms with Gasteiger partial charge in [-0.1, -0.05) is 42.5 Å². The number of fused-ring (bicyclic) bond motifs is 1. The fourth-order valence-electron chi connectivity index (χ4n) is 2.01. The van der Waals surface area contributed by atoms with Gasteiger partial charge in [0.25, 0.3) is 0 Å². The fourth-order valence-corrected chi connectivity index (χ4v) is 2.01. The molecule has 0 spiro atoms. The quantitative estimate of drug-likeness (QED) is 0.845. The van der Waals surface area contributed by atoms with Crippen LogP contribution in [0.1, 0.15) is 18.0 Å². The Morgan fingerprint density at radius 3 is 2.69 bits per heavy atom. The van der Waals surface area contributed by atoms with Crippen LogP contribution in [0.2, 0.25) is 0 Å². The van der Waals surface area contributed by atoms with E-state index in [2.05, 4.69) is 35.7 Å². The molecule has 16 heavy (non-hydrogen) atoms. The van der Waals surface area contributed by atoms with E-state index in [-0.39, 0.29) is 6.04 Å². The first-order valence-corrected chi connectivity index (χ1v) is 5.38. The Bertz CT molecular complexity index is 520. The molecule has 0 bridgehead atoms. The number of hydrogen-bond donors (Lipinski definition) is 1. The van der Waals surface area contributed by atoms with Crippen molar-refractivity contribution in [3.05, 3.63) is 48.0 Å². The van der Waals surface area contributed by atoms with Crippen LogP contribution < -0.4 is 5.32 Å². The Hall–Kier alpha value is -1.85. The van der Waals surface area contributed by atoms with Gasteiger partial charge < -0.3 is 5.32 Å². The Kier molecular flexibility index (Phi) is 3.19. The first-order valence-electron chi connectivity index (χ1n) is 5.38. The van der Waals surface area contributed by atoms with Crippen molar-refractivity contribution in [3.63, 3.8) is 0 Å². The second-order valence-corrected chi connectivity index (χ2v) is 3.77. The SMILES string of the molecule is CNC(CC#N)c1cccc2ccccc12. The van der Waals surface area contributed by atoms with Crippen LogP contribution in [-0.2, 0) is 0 Å². The third-order valence-electron chi connectivity index (χ3n) is 2.84. The van der Waals surface area contributed by atoms with Crippen LogP contribution in [0.4, 0.5) is 0 Å². The standard InChI is InChI=1S/C14H14N2/c1-16-14(9-10-15)13-8-4-6-11-5-2-3-7-12(11)13/h2-8,14,16H,9H2,1H3. The highest BCUT2D eigenvalue weighted by atomic mass is 14.9. The van der Waals surface area contributed by atoms with Gasteiger partial charge in [0.05, 0.1) is 12.5 Å². The zero-order chi connectivity index (χ0) is 11.4. The van der Waals surface area contributed by atoms with Crippen LogP contribution in [0.5, 0.6) is 0 Å². The van der Waals surface area contributed by atoms with Crippen LogP contribution >= 0.6 is 0 Å². The van der Waals surface area contributed by atoms with Gasteiger partial charge in [-0.25, -0.2) is 0 Å². The van der Waals surface area contributed by atoms with Gasteiger partial charge in [0.2, 0.25) is 0 Å². The molecule has 0 aliphatic rings. The number of nitrogens with zero attached hydrogens (tertiary/aromatic N) is 1. The van der Waals surface area contributed by atoms with Gasteiger partial charge in [-0.05, 0) is 23.4 Å². The molecule has 0 aromatic heterocycles. The van der Waals surface area contributed by atoms with Gasteiger partial charge in [0.15, 0.2) is 0 Å². The van der Waals surface area contributed by atoms with Gasteiger partial charge in [-0.2, -0.15) is 5.26 Å². The van der Waals surface area contributed by atoms with Crippen LogP contribution in [0, 0.1) is 11.3 Å². The summed E-state index contributed by atoms with van der Waals surface area (Å²) in [5.41, 5.74) is 1.20. The molecule has 0 fully saturated rings. The first-order chi connectivity index (χ1) is 7.86. The summed E-state index contributed by atoms with van der Waals surface area (Å²) in [4.78, 5) is 0. The second-order valence-electron chi connectivity index (χ2n) is 3.77. The van der Waals surface area contributed by atoms with Crippen molar-refractivity contribution in [3.8, 4) is 6.07 Å². The predicted molar refractivity (Wildman–Crippen MR) is 66.0 cm³/mol. The van der Waals surface area contributed by atoms with Gasteiger partial charge in [0, 0.05) is 6.04 Å². The number of hydrogen-bond acceptors (Lipinski definition) is 2. The largest absolute Gasteiger partial charge is 0.312 e. The van der Waals surface area contributed by atoms with Crippen molar-refractivity contribution in [2.45, 2.75) is 12.5 Å². The van der Waals surface area contributed by atoms with E-state index in [1.165, 1.54) is 16.3 Å². The smallest absolute Gasteiger partial charge is 0.0641 e. The normalized spacial score (nSPS) is 12.2. The summed E-state index contributed by atoms with van der Waals surface area (Å²) < 4.78 is 0. The van der Waals surface area contributed by atoms with Gasteiger partial charge in [-0.15, -0.1) is 0 Å². The monoisotopic (exact) mass is 210 g/mol. The van der Waals surface area contributed by atoms with E-state index < -0.39 is 0 Å². The molecule has 0 aliphatic heterocycles. The van der Waals surface area contributed by atoms with Crippen LogP contribution in [-0.4, -0.2) is 7.05 Å². The minimum atomic E-state index is 0.107. The van der Waals surface area contributed by atoms with Crippen molar-refractivity contribution >= 4 is 10.8 Å². The lowest BCUT2D eigenvalue weighted by Crippen LogP contribution is -2.15. The molecule has 1 unspecified atom stereocenters. The number of nitrogens with one attached hydrogen (secondary N) is 1. The fraction of sp³-hybridized carbons (Fsp3) is 0.214. The highest BCUT2D eigenvalue weighted by molar-refractivity contribution is 5.86. The number of benzene rings is 2. The molecule has 0 radical (unpaired) electrons.